The van der Waals surface area contributed by atoms with E-state index in [1.54, 1.807) is 0 Å². The highest BCUT2D eigenvalue weighted by Gasteiger charge is 2.23. The lowest BCUT2D eigenvalue weighted by atomic mass is 10.1. The van der Waals surface area contributed by atoms with E-state index in [1.165, 1.54) is 0 Å². The third kappa shape index (κ3) is 4.75. The summed E-state index contributed by atoms with van der Waals surface area (Å²) >= 11 is 0. The number of carbonyl (C=O) groups is 1. The number of unbranched alkanes of at least 4 members (excludes halogenated alkanes) is 1. The van der Waals surface area contributed by atoms with Gasteiger partial charge in [-0.05, 0) is 49.6 Å². The van der Waals surface area contributed by atoms with Crippen molar-refractivity contribution in [3.8, 4) is 17.4 Å². The first-order valence-electron chi connectivity index (χ1n) is 11.5. The number of carbonyl (C=O) groups excluding carboxylic acids is 1. The molecule has 1 N–H and O–H groups in total. The summed E-state index contributed by atoms with van der Waals surface area (Å²) in [6.07, 6.45) is 3.33. The summed E-state index contributed by atoms with van der Waals surface area (Å²) in [4.78, 5) is 20.9. The lowest BCUT2D eigenvalue weighted by molar-refractivity contribution is -0.116. The van der Waals surface area contributed by atoms with Gasteiger partial charge in [0.1, 0.15) is 19.0 Å². The van der Waals surface area contributed by atoms with Gasteiger partial charge in [0.2, 0.25) is 11.8 Å². The number of pyridine rings is 1. The van der Waals surface area contributed by atoms with Gasteiger partial charge in [0.05, 0.1) is 12.3 Å². The summed E-state index contributed by atoms with van der Waals surface area (Å²) in [6, 6.07) is 10.0. The van der Waals surface area contributed by atoms with Gasteiger partial charge in [-0.3, -0.25) is 9.69 Å². The molecule has 0 radical (unpaired) electrons. The van der Waals surface area contributed by atoms with E-state index in [0.717, 1.165) is 74.7 Å². The highest BCUT2D eigenvalue weighted by molar-refractivity contribution is 5.92. The van der Waals surface area contributed by atoms with Gasteiger partial charge >= 0.3 is 0 Å². The van der Waals surface area contributed by atoms with Gasteiger partial charge in [-0.15, -0.1) is 0 Å². The molecule has 1 aromatic heterocycles. The number of nitrogens with zero attached hydrogens (tertiary/aromatic N) is 3. The number of ether oxygens (including phenoxy) is 3. The van der Waals surface area contributed by atoms with E-state index in [9.17, 15) is 4.79 Å². The topological polar surface area (TPSA) is 76.2 Å². The van der Waals surface area contributed by atoms with Gasteiger partial charge < -0.3 is 24.4 Å². The number of anilines is 2. The van der Waals surface area contributed by atoms with Crippen molar-refractivity contribution in [2.75, 3.05) is 62.8 Å². The van der Waals surface area contributed by atoms with Crippen LogP contribution < -0.4 is 24.4 Å². The highest BCUT2D eigenvalue weighted by atomic mass is 16.6. The number of nitrogens with one attached hydrogen (secondary N) is 1. The van der Waals surface area contributed by atoms with Gasteiger partial charge in [-0.1, -0.05) is 6.07 Å². The number of benzene rings is 1. The van der Waals surface area contributed by atoms with Crippen LogP contribution in [0.25, 0.3) is 0 Å². The van der Waals surface area contributed by atoms with Crippen molar-refractivity contribution in [3.05, 3.63) is 35.9 Å². The van der Waals surface area contributed by atoms with E-state index in [1.807, 2.05) is 24.3 Å². The Labute approximate surface area is 188 Å². The Hall–Kier alpha value is -3.00. The Bertz CT molecular complexity index is 959. The first-order chi connectivity index (χ1) is 15.8. The molecule has 0 unspecified atom stereocenters. The van der Waals surface area contributed by atoms with Crippen LogP contribution in [-0.2, 0) is 11.2 Å². The van der Waals surface area contributed by atoms with Gasteiger partial charge in [-0.25, -0.2) is 0 Å². The molecule has 5 rings (SSSR count). The monoisotopic (exact) mass is 438 g/mol. The van der Waals surface area contributed by atoms with Crippen LogP contribution in [0.2, 0.25) is 0 Å². The third-order valence-corrected chi connectivity index (χ3v) is 6.21. The summed E-state index contributed by atoms with van der Waals surface area (Å²) in [7, 11) is 0. The summed E-state index contributed by atoms with van der Waals surface area (Å²) in [5.41, 5.74) is 2.22. The molecule has 8 heteroatoms. The van der Waals surface area contributed by atoms with Crippen molar-refractivity contribution in [2.24, 2.45) is 0 Å². The molecule has 2 aromatic rings. The molecule has 0 saturated carbocycles. The van der Waals surface area contributed by atoms with Crippen LogP contribution in [0.4, 0.5) is 11.5 Å². The summed E-state index contributed by atoms with van der Waals surface area (Å²) in [6.45, 7) is 6.98. The number of hydrogen-bond acceptors (Lipinski definition) is 7. The second-order valence-electron chi connectivity index (χ2n) is 8.39. The van der Waals surface area contributed by atoms with E-state index < -0.39 is 0 Å². The molecular formula is C24H30N4O4. The van der Waals surface area contributed by atoms with Crippen LogP contribution in [0.3, 0.4) is 0 Å². The lowest BCUT2D eigenvalue weighted by Gasteiger charge is -2.37. The van der Waals surface area contributed by atoms with E-state index in [0.29, 0.717) is 37.9 Å². The Balaban J connectivity index is 1.03. The van der Waals surface area contributed by atoms with Gasteiger partial charge in [0, 0.05) is 38.7 Å². The molecule has 1 amide bonds. The average Bonchev–Trinajstić information content (AvgIpc) is 2.83. The molecular weight excluding hydrogens is 408 g/mol. The quantitative estimate of drug-likeness (QED) is 0.666. The van der Waals surface area contributed by atoms with Crippen LogP contribution >= 0.6 is 0 Å². The van der Waals surface area contributed by atoms with Gasteiger partial charge in [0.25, 0.3) is 0 Å². The molecule has 3 aliphatic heterocycles. The van der Waals surface area contributed by atoms with Crippen LogP contribution in [0.1, 0.15) is 24.8 Å². The first-order valence-corrected chi connectivity index (χ1v) is 11.5. The maximum absolute atomic E-state index is 11.5. The molecule has 32 heavy (non-hydrogen) atoms. The number of hydrogen-bond donors (Lipinski definition) is 1. The third-order valence-electron chi connectivity index (χ3n) is 6.21. The van der Waals surface area contributed by atoms with Gasteiger partial charge in [0.15, 0.2) is 11.5 Å². The van der Waals surface area contributed by atoms with Crippen LogP contribution in [-0.4, -0.2) is 68.3 Å². The number of piperazine rings is 1. The number of fused-ring (bicyclic) bond motifs is 2. The molecule has 4 heterocycles. The van der Waals surface area contributed by atoms with Gasteiger partial charge in [-0.2, -0.15) is 4.98 Å². The second kappa shape index (κ2) is 9.65. The average molecular weight is 439 g/mol. The maximum Gasteiger partial charge on any atom is 0.225 e. The Morgan fingerprint density at radius 1 is 1.00 bits per heavy atom. The second-order valence-corrected chi connectivity index (χ2v) is 8.39. The molecule has 0 bridgehead atoms. The van der Waals surface area contributed by atoms with E-state index >= 15 is 0 Å². The summed E-state index contributed by atoms with van der Waals surface area (Å²) in [5.74, 6) is 2.99. The lowest BCUT2D eigenvalue weighted by Crippen LogP contribution is -2.46. The van der Waals surface area contributed by atoms with Crippen molar-refractivity contribution in [1.82, 2.24) is 9.88 Å². The van der Waals surface area contributed by atoms with Crippen molar-refractivity contribution >= 4 is 17.4 Å². The molecule has 1 aromatic carbocycles. The molecule has 1 saturated heterocycles. The molecule has 0 spiro atoms. The van der Waals surface area contributed by atoms with Crippen molar-refractivity contribution in [1.29, 1.82) is 0 Å². The van der Waals surface area contributed by atoms with Crippen LogP contribution in [0.5, 0.6) is 17.4 Å². The minimum Gasteiger partial charge on any atom is -0.486 e. The minimum atomic E-state index is 0.0234. The molecule has 3 aliphatic rings. The zero-order chi connectivity index (χ0) is 21.8. The molecule has 8 nitrogen and oxygen atoms in total. The smallest absolute Gasteiger partial charge is 0.225 e. The summed E-state index contributed by atoms with van der Waals surface area (Å²) < 4.78 is 17.4. The minimum absolute atomic E-state index is 0.0234. The number of aromatic nitrogens is 1. The van der Waals surface area contributed by atoms with Crippen LogP contribution in [0.15, 0.2) is 30.3 Å². The fourth-order valence-corrected chi connectivity index (χ4v) is 4.44. The predicted octanol–water partition coefficient (Wildman–Crippen LogP) is 2.72. The summed E-state index contributed by atoms with van der Waals surface area (Å²) in [5, 5.41) is 2.82. The van der Waals surface area contributed by atoms with Crippen molar-refractivity contribution in [3.63, 3.8) is 0 Å². The zero-order valence-electron chi connectivity index (χ0n) is 18.3. The standard InChI is InChI=1S/C24H30N4O4/c29-21-8-6-18-7-9-22(26-24(18)25-21)31-15-2-1-10-27-11-13-28(14-12-27)19-4-3-5-20-23(19)32-17-16-30-20/h3-5,7,9H,1-2,6,8,10-17H2,(H,25,26,29). The molecule has 0 aliphatic carbocycles. The first kappa shape index (κ1) is 20.9. The van der Waals surface area contributed by atoms with Crippen molar-refractivity contribution < 1.29 is 19.0 Å². The SMILES string of the molecule is O=C1CCc2ccc(OCCCCN3CCN(c4cccc5c4OCCO5)CC3)nc2N1. The van der Waals surface area contributed by atoms with E-state index in [-0.39, 0.29) is 5.91 Å². The van der Waals surface area contributed by atoms with E-state index in [2.05, 4.69) is 26.2 Å². The number of aryl methyl sites for hydroxylation is 1. The molecule has 0 atom stereocenters. The number of amides is 1. The number of rotatable bonds is 7. The Morgan fingerprint density at radius 2 is 1.88 bits per heavy atom. The van der Waals surface area contributed by atoms with E-state index in [4.69, 9.17) is 14.2 Å². The fraction of sp³-hybridized carbons (Fsp3) is 0.500. The molecule has 1 fully saturated rings. The largest absolute Gasteiger partial charge is 0.486 e. The maximum atomic E-state index is 11.5. The Morgan fingerprint density at radius 3 is 2.78 bits per heavy atom. The number of para-hydroxylation sites is 1. The zero-order valence-corrected chi connectivity index (χ0v) is 18.3. The molecule has 170 valence electrons. The predicted molar refractivity (Wildman–Crippen MR) is 122 cm³/mol. The Kier molecular flexibility index (Phi) is 6.29. The van der Waals surface area contributed by atoms with Crippen molar-refractivity contribution in [2.45, 2.75) is 25.7 Å². The normalized spacial score (nSPS) is 18.1. The van der Waals surface area contributed by atoms with Crippen LogP contribution in [0, 0.1) is 0 Å². The highest BCUT2D eigenvalue weighted by Crippen LogP contribution is 2.39. The fourth-order valence-electron chi connectivity index (χ4n) is 4.44.